The zero-order valence-corrected chi connectivity index (χ0v) is 17.6. The van der Waals surface area contributed by atoms with E-state index in [2.05, 4.69) is 6.07 Å². The van der Waals surface area contributed by atoms with Gasteiger partial charge in [0.1, 0.15) is 0 Å². The van der Waals surface area contributed by atoms with Crippen LogP contribution in [-0.2, 0) is 16.4 Å². The van der Waals surface area contributed by atoms with Gasteiger partial charge in [0.05, 0.1) is 17.0 Å². The van der Waals surface area contributed by atoms with Gasteiger partial charge in [-0.2, -0.15) is 4.31 Å². The summed E-state index contributed by atoms with van der Waals surface area (Å²) in [4.78, 5) is 13.0. The first-order chi connectivity index (χ1) is 14.5. The molecule has 0 heterocycles. The van der Waals surface area contributed by atoms with Crippen LogP contribution in [-0.4, -0.2) is 18.5 Å². The van der Waals surface area contributed by atoms with E-state index in [1.807, 2.05) is 55.5 Å². The Morgan fingerprint density at radius 3 is 2.27 bits per heavy atom. The minimum atomic E-state index is -3.81. The second kappa shape index (κ2) is 7.18. The van der Waals surface area contributed by atoms with Crippen LogP contribution in [0.2, 0.25) is 0 Å². The van der Waals surface area contributed by atoms with Crippen molar-refractivity contribution < 1.29 is 13.2 Å². The Morgan fingerprint density at radius 1 is 0.833 bits per heavy atom. The lowest BCUT2D eigenvalue weighted by Crippen LogP contribution is -2.37. The summed E-state index contributed by atoms with van der Waals surface area (Å²) in [6.45, 7) is 1.94. The van der Waals surface area contributed by atoms with Gasteiger partial charge in [-0.15, -0.1) is 0 Å². The molecule has 2 atom stereocenters. The van der Waals surface area contributed by atoms with Crippen LogP contribution in [0.25, 0.3) is 0 Å². The molecule has 0 N–H and O–H groups in total. The van der Waals surface area contributed by atoms with Crippen molar-refractivity contribution in [3.05, 3.63) is 101 Å². The number of hydrogen-bond donors (Lipinski definition) is 0. The molecule has 0 saturated heterocycles. The number of sulfonamides is 1. The van der Waals surface area contributed by atoms with Gasteiger partial charge >= 0.3 is 0 Å². The number of aryl methyl sites for hydroxylation is 2. The Balaban J connectivity index is 1.68. The molecule has 5 heteroatoms. The van der Waals surface area contributed by atoms with Crippen molar-refractivity contribution in [2.75, 3.05) is 0 Å². The van der Waals surface area contributed by atoms with Crippen molar-refractivity contribution in [3.63, 3.8) is 0 Å². The molecule has 0 aliphatic heterocycles. The third-order valence-corrected chi connectivity index (χ3v) is 8.24. The summed E-state index contributed by atoms with van der Waals surface area (Å²) in [6.07, 6.45) is 1.74. The molecule has 0 aromatic heterocycles. The third-order valence-electron chi connectivity index (χ3n) is 6.31. The Morgan fingerprint density at radius 2 is 1.50 bits per heavy atom. The summed E-state index contributed by atoms with van der Waals surface area (Å²) in [6, 6.07) is 21.7. The van der Waals surface area contributed by atoms with E-state index in [0.29, 0.717) is 5.56 Å². The van der Waals surface area contributed by atoms with E-state index in [4.69, 9.17) is 0 Å². The summed E-state index contributed by atoms with van der Waals surface area (Å²) in [5, 5.41) is 0. The Labute approximate surface area is 177 Å². The number of carbonyl (C=O) groups is 1. The van der Waals surface area contributed by atoms with E-state index < -0.39 is 16.1 Å². The van der Waals surface area contributed by atoms with Crippen molar-refractivity contribution in [2.24, 2.45) is 0 Å². The highest BCUT2D eigenvalue weighted by molar-refractivity contribution is 7.89. The number of benzene rings is 3. The molecule has 3 aromatic rings. The maximum absolute atomic E-state index is 14.0. The van der Waals surface area contributed by atoms with Gasteiger partial charge in [0.15, 0.2) is 5.78 Å². The highest BCUT2D eigenvalue weighted by Crippen LogP contribution is 2.47. The molecule has 2 aliphatic carbocycles. The van der Waals surface area contributed by atoms with Crippen LogP contribution in [0.5, 0.6) is 0 Å². The number of fused-ring (bicyclic) bond motifs is 2. The zero-order valence-electron chi connectivity index (χ0n) is 16.8. The van der Waals surface area contributed by atoms with E-state index in [1.165, 1.54) is 5.56 Å². The maximum atomic E-state index is 14.0. The summed E-state index contributed by atoms with van der Waals surface area (Å²) in [5.74, 6) is 0.00554. The lowest BCUT2D eigenvalue weighted by atomic mass is 10.0. The monoisotopic (exact) mass is 417 g/mol. The molecule has 152 valence electrons. The number of Topliss-reactive ketones (excluding diaryl/α,β-unsaturated/α-hetero) is 1. The second-order valence-electron chi connectivity index (χ2n) is 8.13. The lowest BCUT2D eigenvalue weighted by molar-refractivity contribution is 0.0969. The van der Waals surface area contributed by atoms with Crippen molar-refractivity contribution in [3.8, 4) is 0 Å². The fraction of sp³-hybridized carbons (Fsp3) is 0.240. The van der Waals surface area contributed by atoms with Gasteiger partial charge in [-0.1, -0.05) is 66.2 Å². The van der Waals surface area contributed by atoms with Crippen LogP contribution in [0, 0.1) is 6.92 Å². The largest absolute Gasteiger partial charge is 0.294 e. The molecule has 0 bridgehead atoms. The van der Waals surface area contributed by atoms with E-state index in [0.717, 1.165) is 29.5 Å². The molecular weight excluding hydrogens is 394 g/mol. The number of nitrogens with zero attached hydrogens (tertiary/aromatic N) is 1. The van der Waals surface area contributed by atoms with E-state index in [-0.39, 0.29) is 23.1 Å². The number of carbonyl (C=O) groups excluding carboxylic acids is 1. The van der Waals surface area contributed by atoms with Gasteiger partial charge in [0, 0.05) is 12.0 Å². The Bertz CT molecular complexity index is 1230. The normalized spacial score (nSPS) is 20.4. The van der Waals surface area contributed by atoms with Crippen LogP contribution < -0.4 is 0 Å². The topological polar surface area (TPSA) is 54.5 Å². The van der Waals surface area contributed by atoms with Crippen molar-refractivity contribution in [1.82, 2.24) is 4.31 Å². The van der Waals surface area contributed by atoms with Crippen LogP contribution >= 0.6 is 0 Å². The van der Waals surface area contributed by atoms with Crippen molar-refractivity contribution in [2.45, 2.75) is 43.2 Å². The van der Waals surface area contributed by atoms with Crippen LogP contribution in [0.4, 0.5) is 0 Å². The molecule has 30 heavy (non-hydrogen) atoms. The van der Waals surface area contributed by atoms with Gasteiger partial charge in [-0.25, -0.2) is 8.42 Å². The number of ketones is 1. The molecule has 5 rings (SSSR count). The maximum Gasteiger partial charge on any atom is 0.244 e. The summed E-state index contributed by atoms with van der Waals surface area (Å²) in [7, 11) is -3.81. The second-order valence-corrected chi connectivity index (χ2v) is 9.97. The highest BCUT2D eigenvalue weighted by Gasteiger charge is 2.45. The first kappa shape index (κ1) is 19.2. The Kier molecular flexibility index (Phi) is 4.60. The van der Waals surface area contributed by atoms with Crippen LogP contribution in [0.15, 0.2) is 77.7 Å². The first-order valence-corrected chi connectivity index (χ1v) is 11.7. The van der Waals surface area contributed by atoms with Crippen LogP contribution in [0.1, 0.15) is 57.5 Å². The average molecular weight is 418 g/mol. The number of hydrogen-bond acceptors (Lipinski definition) is 3. The lowest BCUT2D eigenvalue weighted by Gasteiger charge is -2.34. The minimum absolute atomic E-state index is 0.00554. The van der Waals surface area contributed by atoms with Gasteiger partial charge in [0.25, 0.3) is 0 Å². The standard InChI is InChI=1S/C25H23NO3S/c1-17-10-13-19(14-11-17)30(28,29)26(23-15-12-18-6-2-3-7-20(18)23)24-16-25(27)22-9-5-4-8-21(22)24/h2-11,13-14,23-24H,12,15-16H2,1H3. The van der Waals surface area contributed by atoms with Crippen molar-refractivity contribution >= 4 is 15.8 Å². The predicted molar refractivity (Wildman–Crippen MR) is 116 cm³/mol. The summed E-state index contributed by atoms with van der Waals surface area (Å²) in [5.41, 5.74) is 4.68. The summed E-state index contributed by atoms with van der Waals surface area (Å²) < 4.78 is 29.5. The van der Waals surface area contributed by atoms with Gasteiger partial charge in [-0.05, 0) is 48.6 Å². The first-order valence-electron chi connectivity index (χ1n) is 10.3. The molecule has 0 amide bonds. The van der Waals surface area contributed by atoms with Gasteiger partial charge in [-0.3, -0.25) is 4.79 Å². The molecule has 0 saturated carbocycles. The molecule has 0 fully saturated rings. The van der Waals surface area contributed by atoms with Gasteiger partial charge < -0.3 is 0 Å². The van der Waals surface area contributed by atoms with E-state index in [1.54, 1.807) is 22.5 Å². The molecule has 3 aromatic carbocycles. The third kappa shape index (κ3) is 3.01. The Hall–Kier alpha value is -2.76. The molecule has 2 aliphatic rings. The van der Waals surface area contributed by atoms with E-state index >= 15 is 0 Å². The smallest absolute Gasteiger partial charge is 0.244 e. The highest BCUT2D eigenvalue weighted by atomic mass is 32.2. The number of rotatable bonds is 4. The average Bonchev–Trinajstić information content (AvgIpc) is 3.31. The van der Waals surface area contributed by atoms with E-state index in [9.17, 15) is 13.2 Å². The fourth-order valence-corrected chi connectivity index (χ4v) is 6.65. The molecule has 0 radical (unpaired) electrons. The summed E-state index contributed by atoms with van der Waals surface area (Å²) >= 11 is 0. The molecule has 2 unspecified atom stereocenters. The predicted octanol–water partition coefficient (Wildman–Crippen LogP) is 5.00. The molecular formula is C25H23NO3S. The fourth-order valence-electron chi connectivity index (χ4n) is 4.85. The zero-order chi connectivity index (χ0) is 20.9. The van der Waals surface area contributed by atoms with Crippen LogP contribution in [0.3, 0.4) is 0 Å². The molecule has 0 spiro atoms. The van der Waals surface area contributed by atoms with Crippen molar-refractivity contribution in [1.29, 1.82) is 0 Å². The van der Waals surface area contributed by atoms with Gasteiger partial charge in [0.2, 0.25) is 10.0 Å². The minimum Gasteiger partial charge on any atom is -0.294 e. The SMILES string of the molecule is Cc1ccc(S(=O)(=O)N(C2CCc3ccccc32)C2CC(=O)c3ccccc32)cc1. The molecule has 4 nitrogen and oxygen atoms in total. The quantitative estimate of drug-likeness (QED) is 0.600.